The monoisotopic (exact) mass is 567 g/mol. The van der Waals surface area contributed by atoms with Crippen LogP contribution in [-0.2, 0) is 5.41 Å². The highest BCUT2D eigenvalue weighted by molar-refractivity contribution is 5.86. The van der Waals surface area contributed by atoms with E-state index >= 15 is 0 Å². The van der Waals surface area contributed by atoms with E-state index in [4.69, 9.17) is 0 Å². The maximum atomic E-state index is 3.75. The van der Waals surface area contributed by atoms with E-state index in [9.17, 15) is 0 Å². The highest BCUT2D eigenvalue weighted by Gasteiger charge is 2.45. The summed E-state index contributed by atoms with van der Waals surface area (Å²) in [6, 6.07) is 56.1. The molecule has 0 unspecified atom stereocenters. The quantitative estimate of drug-likeness (QED) is 0.211. The van der Waals surface area contributed by atoms with E-state index in [0.717, 1.165) is 17.3 Å². The van der Waals surface area contributed by atoms with Crippen molar-refractivity contribution in [3.63, 3.8) is 0 Å². The molecule has 0 aliphatic heterocycles. The second kappa shape index (κ2) is 11.3. The fourth-order valence-electron chi connectivity index (χ4n) is 7.84. The van der Waals surface area contributed by atoms with Crippen molar-refractivity contribution in [2.45, 2.75) is 43.4 Å². The zero-order valence-corrected chi connectivity index (χ0v) is 25.0. The number of nitrogens with one attached hydrogen (secondary N) is 1. The predicted octanol–water partition coefficient (Wildman–Crippen LogP) is 11.5. The van der Waals surface area contributed by atoms with Crippen molar-refractivity contribution in [3.05, 3.63) is 179 Å². The maximum absolute atomic E-state index is 3.75. The van der Waals surface area contributed by atoms with Gasteiger partial charge in [-0.25, -0.2) is 0 Å². The molecule has 0 amide bonds. The van der Waals surface area contributed by atoms with Crippen molar-refractivity contribution in [3.8, 4) is 22.3 Å². The molecule has 0 aromatic heterocycles. The van der Waals surface area contributed by atoms with Crippen LogP contribution in [0, 0.1) is 0 Å². The summed E-state index contributed by atoms with van der Waals surface area (Å²) in [5.41, 5.74) is 13.6. The standard InChI is InChI=1S/C43H37N/c1-3-12-31(13-4-1)33-22-26-35(27-23-33)43(41-20-9-7-18-39(41)40-19-8-10-21-42(40)43)36-16-11-17-38(30-36)44-37-28-24-34(25-29-37)32-14-5-2-6-15-32/h1,3-4,7-13,16-30,32,44H,2,5-6,14-15H2. The molecule has 0 spiro atoms. The number of rotatable bonds is 6. The van der Waals surface area contributed by atoms with Gasteiger partial charge in [0.05, 0.1) is 5.41 Å². The first-order valence-corrected chi connectivity index (χ1v) is 16.1. The molecular formula is C43H37N. The van der Waals surface area contributed by atoms with E-state index in [-0.39, 0.29) is 0 Å². The number of anilines is 2. The lowest BCUT2D eigenvalue weighted by Crippen LogP contribution is -2.28. The summed E-state index contributed by atoms with van der Waals surface area (Å²) in [6.45, 7) is 0. The molecule has 214 valence electrons. The molecule has 1 N–H and O–H groups in total. The van der Waals surface area contributed by atoms with Crippen LogP contribution in [0.3, 0.4) is 0 Å². The van der Waals surface area contributed by atoms with E-state index in [1.165, 1.54) is 82.2 Å². The van der Waals surface area contributed by atoms with E-state index < -0.39 is 5.41 Å². The van der Waals surface area contributed by atoms with E-state index in [2.05, 4.69) is 157 Å². The Balaban J connectivity index is 1.23. The molecule has 2 aliphatic rings. The predicted molar refractivity (Wildman–Crippen MR) is 185 cm³/mol. The summed E-state index contributed by atoms with van der Waals surface area (Å²) in [5.74, 6) is 0.719. The molecule has 2 aliphatic carbocycles. The molecule has 0 atom stereocenters. The van der Waals surface area contributed by atoms with E-state index in [1.807, 2.05) is 0 Å². The zero-order valence-electron chi connectivity index (χ0n) is 25.0. The first kappa shape index (κ1) is 26.7. The molecule has 0 heterocycles. The van der Waals surface area contributed by atoms with Crippen LogP contribution >= 0.6 is 0 Å². The largest absolute Gasteiger partial charge is 0.356 e. The SMILES string of the molecule is c1ccc(-c2ccc(C3(c4cccc(Nc5ccc(C6CCCCC6)cc5)c4)c4ccccc4-c4ccccc43)cc2)cc1. The molecule has 1 nitrogen and oxygen atoms in total. The number of hydrogen-bond acceptors (Lipinski definition) is 1. The Hall–Kier alpha value is -4.88. The van der Waals surface area contributed by atoms with Crippen molar-refractivity contribution in [2.75, 3.05) is 5.32 Å². The third-order valence-electron chi connectivity index (χ3n) is 9.95. The number of fused-ring (bicyclic) bond motifs is 3. The van der Waals surface area contributed by atoms with E-state index in [0.29, 0.717) is 0 Å². The van der Waals surface area contributed by atoms with Gasteiger partial charge in [0.2, 0.25) is 0 Å². The molecule has 0 bridgehead atoms. The topological polar surface area (TPSA) is 12.0 Å². The van der Waals surface area contributed by atoms with Crippen LogP contribution in [0.15, 0.2) is 152 Å². The van der Waals surface area contributed by atoms with Crippen molar-refractivity contribution in [2.24, 2.45) is 0 Å². The summed E-state index contributed by atoms with van der Waals surface area (Å²) in [5, 5.41) is 3.75. The second-order valence-corrected chi connectivity index (χ2v) is 12.4. The van der Waals surface area contributed by atoms with Gasteiger partial charge in [0.15, 0.2) is 0 Å². The van der Waals surface area contributed by atoms with Gasteiger partial charge in [-0.05, 0) is 93.1 Å². The summed E-state index contributed by atoms with van der Waals surface area (Å²) >= 11 is 0. The van der Waals surface area contributed by atoms with Crippen molar-refractivity contribution in [1.29, 1.82) is 0 Å². The third-order valence-corrected chi connectivity index (χ3v) is 9.95. The maximum Gasteiger partial charge on any atom is 0.0714 e. The number of benzene rings is 6. The van der Waals surface area contributed by atoms with Gasteiger partial charge in [-0.2, -0.15) is 0 Å². The molecule has 6 aromatic carbocycles. The molecule has 6 aromatic rings. The first-order chi connectivity index (χ1) is 21.8. The second-order valence-electron chi connectivity index (χ2n) is 12.4. The summed E-state index contributed by atoms with van der Waals surface area (Å²) in [6.07, 6.45) is 6.76. The highest BCUT2D eigenvalue weighted by atomic mass is 14.9. The van der Waals surface area contributed by atoms with Crippen molar-refractivity contribution in [1.82, 2.24) is 0 Å². The van der Waals surface area contributed by atoms with Crippen molar-refractivity contribution < 1.29 is 0 Å². The fraction of sp³-hybridized carbons (Fsp3) is 0.163. The Morgan fingerprint density at radius 1 is 0.455 bits per heavy atom. The van der Waals surface area contributed by atoms with Gasteiger partial charge in [0.1, 0.15) is 0 Å². The third kappa shape index (κ3) is 4.55. The lowest BCUT2D eigenvalue weighted by molar-refractivity contribution is 0.443. The molecule has 0 radical (unpaired) electrons. The molecule has 1 fully saturated rings. The molecule has 44 heavy (non-hydrogen) atoms. The minimum Gasteiger partial charge on any atom is -0.356 e. The molecular weight excluding hydrogens is 530 g/mol. The minimum absolute atomic E-state index is 0.426. The van der Waals surface area contributed by atoms with Gasteiger partial charge < -0.3 is 5.32 Å². The van der Waals surface area contributed by atoms with Crippen LogP contribution in [0.25, 0.3) is 22.3 Å². The molecule has 0 saturated heterocycles. The van der Waals surface area contributed by atoms with Crippen LogP contribution in [0.2, 0.25) is 0 Å². The molecule has 1 heteroatoms. The zero-order chi connectivity index (χ0) is 29.3. The van der Waals surface area contributed by atoms with Crippen LogP contribution in [0.1, 0.15) is 65.8 Å². The summed E-state index contributed by atoms with van der Waals surface area (Å²) in [7, 11) is 0. The van der Waals surface area contributed by atoms with Crippen LogP contribution in [-0.4, -0.2) is 0 Å². The summed E-state index contributed by atoms with van der Waals surface area (Å²) < 4.78 is 0. The minimum atomic E-state index is -0.426. The average molecular weight is 568 g/mol. The van der Waals surface area contributed by atoms with Gasteiger partial charge in [0.25, 0.3) is 0 Å². The smallest absolute Gasteiger partial charge is 0.0714 e. The van der Waals surface area contributed by atoms with Gasteiger partial charge >= 0.3 is 0 Å². The first-order valence-electron chi connectivity index (χ1n) is 16.1. The lowest BCUT2D eigenvalue weighted by atomic mass is 9.67. The van der Waals surface area contributed by atoms with Gasteiger partial charge in [0, 0.05) is 11.4 Å². The highest BCUT2D eigenvalue weighted by Crippen LogP contribution is 2.56. The van der Waals surface area contributed by atoms with Gasteiger partial charge in [-0.1, -0.05) is 147 Å². The normalized spacial score (nSPS) is 15.4. The van der Waals surface area contributed by atoms with Crippen molar-refractivity contribution >= 4 is 11.4 Å². The van der Waals surface area contributed by atoms with Crippen LogP contribution in [0.4, 0.5) is 11.4 Å². The Morgan fingerprint density at radius 3 is 1.75 bits per heavy atom. The van der Waals surface area contributed by atoms with Crippen LogP contribution < -0.4 is 5.32 Å². The van der Waals surface area contributed by atoms with Gasteiger partial charge in [-0.3, -0.25) is 0 Å². The fourth-order valence-corrected chi connectivity index (χ4v) is 7.84. The summed E-state index contributed by atoms with van der Waals surface area (Å²) in [4.78, 5) is 0. The Kier molecular flexibility index (Phi) is 6.88. The Bertz CT molecular complexity index is 1850. The lowest BCUT2D eigenvalue weighted by Gasteiger charge is -2.34. The van der Waals surface area contributed by atoms with Gasteiger partial charge in [-0.15, -0.1) is 0 Å². The van der Waals surface area contributed by atoms with Crippen LogP contribution in [0.5, 0.6) is 0 Å². The Morgan fingerprint density at radius 2 is 1.07 bits per heavy atom. The van der Waals surface area contributed by atoms with E-state index in [1.54, 1.807) is 0 Å². The Labute approximate surface area is 261 Å². The average Bonchev–Trinajstić information content (AvgIpc) is 3.41. The molecule has 1 saturated carbocycles. The number of hydrogen-bond donors (Lipinski definition) is 1. The molecule has 8 rings (SSSR count).